The summed E-state index contributed by atoms with van der Waals surface area (Å²) in [7, 11) is 1.07. The van der Waals surface area contributed by atoms with Crippen molar-refractivity contribution in [3.63, 3.8) is 0 Å². The van der Waals surface area contributed by atoms with Gasteiger partial charge in [-0.15, -0.1) is 0 Å². The van der Waals surface area contributed by atoms with Crippen molar-refractivity contribution >= 4 is 23.3 Å². The second-order valence-corrected chi connectivity index (χ2v) is 3.51. The molecule has 6 nitrogen and oxygen atoms in total. The Balaban J connectivity index is 3.30. The van der Waals surface area contributed by atoms with Gasteiger partial charge in [-0.1, -0.05) is 11.6 Å². The van der Waals surface area contributed by atoms with Gasteiger partial charge in [-0.05, 0) is 5.56 Å². The summed E-state index contributed by atoms with van der Waals surface area (Å²) in [5.74, 6) is -0.810. The van der Waals surface area contributed by atoms with Crippen LogP contribution in [0, 0.1) is 10.1 Å². The van der Waals surface area contributed by atoms with Crippen LogP contribution in [0.4, 0.5) is 14.5 Å². The molecule has 0 saturated carbocycles. The average molecular weight is 281 g/mol. The highest BCUT2D eigenvalue weighted by Gasteiger charge is 2.24. The maximum absolute atomic E-state index is 12.7. The van der Waals surface area contributed by atoms with Crippen molar-refractivity contribution in [3.05, 3.63) is 32.6 Å². The highest BCUT2D eigenvalue weighted by atomic mass is 35.5. The number of nitro groups is 1. The molecule has 0 spiro atoms. The summed E-state index contributed by atoms with van der Waals surface area (Å²) in [5, 5.41) is 9.94. The average Bonchev–Trinajstić information content (AvgIpc) is 2.29. The number of methoxy groups -OCH3 is 1. The zero-order valence-electron chi connectivity index (χ0n) is 9.02. The number of pyridine rings is 1. The Morgan fingerprint density at radius 1 is 1.67 bits per heavy atom. The number of ether oxygens (including phenoxy) is 1. The van der Waals surface area contributed by atoms with E-state index in [1.165, 1.54) is 0 Å². The summed E-state index contributed by atoms with van der Waals surface area (Å²) >= 11 is 5.41. The Morgan fingerprint density at radius 2 is 2.28 bits per heavy atom. The molecule has 1 aromatic heterocycles. The highest BCUT2D eigenvalue weighted by Crippen LogP contribution is 2.30. The van der Waals surface area contributed by atoms with Crippen LogP contribution < -0.4 is 0 Å². The zero-order valence-corrected chi connectivity index (χ0v) is 9.78. The standard InChI is InChI=1S/C9H7ClF2N2O4/c1-18-6(15)3-4-2-5(14(16)17)8(10)13-7(4)9(11)12/h2,9H,3H2,1H3. The highest BCUT2D eigenvalue weighted by molar-refractivity contribution is 6.31. The van der Waals surface area contributed by atoms with Gasteiger partial charge in [-0.25, -0.2) is 13.8 Å². The van der Waals surface area contributed by atoms with Crippen LogP contribution in [-0.2, 0) is 16.0 Å². The molecule has 0 amide bonds. The van der Waals surface area contributed by atoms with E-state index >= 15 is 0 Å². The lowest BCUT2D eigenvalue weighted by atomic mass is 10.1. The number of esters is 1. The Kier molecular flexibility index (Phi) is 4.49. The molecule has 0 saturated heterocycles. The normalized spacial score (nSPS) is 10.5. The summed E-state index contributed by atoms with van der Waals surface area (Å²) in [6.45, 7) is 0. The van der Waals surface area contributed by atoms with Gasteiger partial charge in [-0.3, -0.25) is 14.9 Å². The van der Waals surface area contributed by atoms with E-state index in [2.05, 4.69) is 9.72 Å². The molecule has 1 rings (SSSR count). The monoisotopic (exact) mass is 280 g/mol. The molecule has 0 atom stereocenters. The number of carbonyl (C=O) groups is 1. The van der Waals surface area contributed by atoms with Crippen molar-refractivity contribution in [1.82, 2.24) is 4.98 Å². The quantitative estimate of drug-likeness (QED) is 0.366. The van der Waals surface area contributed by atoms with E-state index in [-0.39, 0.29) is 5.56 Å². The lowest BCUT2D eigenvalue weighted by molar-refractivity contribution is -0.385. The van der Waals surface area contributed by atoms with Gasteiger partial charge in [0, 0.05) is 6.07 Å². The zero-order chi connectivity index (χ0) is 13.9. The number of halogens is 3. The summed E-state index contributed by atoms with van der Waals surface area (Å²) in [5.41, 5.74) is -1.69. The van der Waals surface area contributed by atoms with Gasteiger partial charge in [0.1, 0.15) is 5.69 Å². The van der Waals surface area contributed by atoms with Crippen LogP contribution in [0.15, 0.2) is 6.07 Å². The fourth-order valence-electron chi connectivity index (χ4n) is 1.22. The number of alkyl halides is 2. The van der Waals surface area contributed by atoms with Gasteiger partial charge in [0.25, 0.3) is 6.43 Å². The third kappa shape index (κ3) is 3.10. The van der Waals surface area contributed by atoms with Crippen molar-refractivity contribution in [2.24, 2.45) is 0 Å². The Morgan fingerprint density at radius 3 is 2.72 bits per heavy atom. The van der Waals surface area contributed by atoms with E-state index in [0.717, 1.165) is 13.2 Å². The minimum atomic E-state index is -3.00. The van der Waals surface area contributed by atoms with E-state index in [1.54, 1.807) is 0 Å². The number of hydrogen-bond donors (Lipinski definition) is 0. The predicted octanol–water partition coefficient (Wildman–Crippen LogP) is 2.30. The van der Waals surface area contributed by atoms with E-state index < -0.39 is 40.3 Å². The molecule has 1 aromatic rings. The largest absolute Gasteiger partial charge is 0.469 e. The van der Waals surface area contributed by atoms with Gasteiger partial charge in [0.15, 0.2) is 0 Å². The first kappa shape index (κ1) is 14.2. The molecule has 9 heteroatoms. The first-order valence-corrected chi connectivity index (χ1v) is 4.93. The molecule has 0 unspecified atom stereocenters. The van der Waals surface area contributed by atoms with E-state index in [4.69, 9.17) is 11.6 Å². The molecular formula is C9H7ClF2N2O4. The third-order valence-electron chi connectivity index (χ3n) is 2.04. The summed E-state index contributed by atoms with van der Waals surface area (Å²) in [6.07, 6.45) is -3.54. The molecule has 0 aliphatic carbocycles. The van der Waals surface area contributed by atoms with Crippen molar-refractivity contribution in [2.45, 2.75) is 12.8 Å². The van der Waals surface area contributed by atoms with Crippen LogP contribution >= 0.6 is 11.6 Å². The van der Waals surface area contributed by atoms with Crippen LogP contribution in [0.2, 0.25) is 5.15 Å². The van der Waals surface area contributed by atoms with Crippen molar-refractivity contribution in [3.8, 4) is 0 Å². The maximum atomic E-state index is 12.7. The molecule has 0 N–H and O–H groups in total. The van der Waals surface area contributed by atoms with Crippen LogP contribution in [0.1, 0.15) is 17.7 Å². The van der Waals surface area contributed by atoms with Crippen LogP contribution in [0.3, 0.4) is 0 Å². The van der Waals surface area contributed by atoms with Gasteiger partial charge < -0.3 is 4.74 Å². The van der Waals surface area contributed by atoms with Gasteiger partial charge in [-0.2, -0.15) is 0 Å². The van der Waals surface area contributed by atoms with Crippen molar-refractivity contribution in [2.75, 3.05) is 7.11 Å². The number of aromatic nitrogens is 1. The number of rotatable bonds is 4. The smallest absolute Gasteiger partial charge is 0.310 e. The second kappa shape index (κ2) is 5.67. The summed E-state index contributed by atoms with van der Waals surface area (Å²) in [4.78, 5) is 24.0. The van der Waals surface area contributed by atoms with Gasteiger partial charge >= 0.3 is 11.7 Å². The second-order valence-electron chi connectivity index (χ2n) is 3.15. The lowest BCUT2D eigenvalue weighted by Gasteiger charge is -2.07. The van der Waals surface area contributed by atoms with Crippen LogP contribution in [0.5, 0.6) is 0 Å². The van der Waals surface area contributed by atoms with Gasteiger partial charge in [0.05, 0.1) is 18.5 Å². The van der Waals surface area contributed by atoms with E-state index in [0.29, 0.717) is 0 Å². The maximum Gasteiger partial charge on any atom is 0.310 e. The molecule has 18 heavy (non-hydrogen) atoms. The molecule has 0 aromatic carbocycles. The fourth-order valence-corrected chi connectivity index (χ4v) is 1.43. The Hall–Kier alpha value is -1.83. The topological polar surface area (TPSA) is 82.3 Å². The molecule has 98 valence electrons. The van der Waals surface area contributed by atoms with Crippen LogP contribution in [0.25, 0.3) is 0 Å². The molecule has 0 bridgehead atoms. The molecule has 0 aliphatic heterocycles. The number of carbonyl (C=O) groups excluding carboxylic acids is 1. The third-order valence-corrected chi connectivity index (χ3v) is 2.31. The van der Waals surface area contributed by atoms with Gasteiger partial charge in [0.2, 0.25) is 5.15 Å². The molecule has 0 aliphatic rings. The summed E-state index contributed by atoms with van der Waals surface area (Å²) < 4.78 is 29.6. The minimum absolute atomic E-state index is 0.284. The molecule has 0 radical (unpaired) electrons. The molecular weight excluding hydrogens is 274 g/mol. The predicted molar refractivity (Wildman–Crippen MR) is 56.6 cm³/mol. The fraction of sp³-hybridized carbons (Fsp3) is 0.333. The molecule has 1 heterocycles. The van der Waals surface area contributed by atoms with Crippen LogP contribution in [-0.4, -0.2) is 23.0 Å². The Labute approximate surface area is 105 Å². The Bertz CT molecular complexity index is 496. The van der Waals surface area contributed by atoms with Crippen molar-refractivity contribution < 1.29 is 23.2 Å². The first-order chi connectivity index (χ1) is 8.36. The van der Waals surface area contributed by atoms with E-state index in [9.17, 15) is 23.7 Å². The molecule has 0 fully saturated rings. The SMILES string of the molecule is COC(=O)Cc1cc([N+](=O)[O-])c(Cl)nc1C(F)F. The number of hydrogen-bond acceptors (Lipinski definition) is 5. The minimum Gasteiger partial charge on any atom is -0.469 e. The van der Waals surface area contributed by atoms with E-state index in [1.807, 2.05) is 0 Å². The lowest BCUT2D eigenvalue weighted by Crippen LogP contribution is -2.09. The summed E-state index contributed by atoms with van der Waals surface area (Å²) in [6, 6.07) is 0.799. The van der Waals surface area contributed by atoms with Crippen molar-refractivity contribution in [1.29, 1.82) is 0 Å². The first-order valence-electron chi connectivity index (χ1n) is 4.55. The number of nitrogens with zero attached hydrogens (tertiary/aromatic N) is 2.